The molecule has 2 saturated heterocycles. The van der Waals surface area contributed by atoms with Crippen molar-refractivity contribution in [2.24, 2.45) is 5.92 Å². The molecular weight excluding hydrogens is 350 g/mol. The number of carbonyl (C=O) groups is 3. The summed E-state index contributed by atoms with van der Waals surface area (Å²) in [5, 5.41) is 5.98. The molecule has 3 amide bonds. The highest BCUT2D eigenvalue weighted by Crippen LogP contribution is 2.22. The Hall–Kier alpha value is -1.57. The number of imide groups is 1. The Bertz CT molecular complexity index is 601. The van der Waals surface area contributed by atoms with Crippen LogP contribution in [0, 0.1) is 5.92 Å². The van der Waals surface area contributed by atoms with E-state index in [1.54, 1.807) is 0 Å². The van der Waals surface area contributed by atoms with E-state index in [4.69, 9.17) is 0 Å². The van der Waals surface area contributed by atoms with Crippen LogP contribution in [0.2, 0.25) is 0 Å². The summed E-state index contributed by atoms with van der Waals surface area (Å²) < 4.78 is 0. The molecule has 0 radical (unpaired) electrons. The third-order valence-corrected chi connectivity index (χ3v) is 4.97. The number of amides is 3. The second kappa shape index (κ2) is 8.50. The van der Waals surface area contributed by atoms with Gasteiger partial charge in [-0.15, -0.1) is 12.4 Å². The van der Waals surface area contributed by atoms with E-state index in [0.717, 1.165) is 48.9 Å². The lowest BCUT2D eigenvalue weighted by molar-refractivity contribution is -0.125. The average Bonchev–Trinajstić information content (AvgIpc) is 2.89. The number of anilines is 1. The molecule has 0 bridgehead atoms. The van der Waals surface area contributed by atoms with Crippen LogP contribution in [0.5, 0.6) is 0 Å². The van der Waals surface area contributed by atoms with Crippen molar-refractivity contribution in [2.45, 2.75) is 19.4 Å². The number of carbonyl (C=O) groups excluding carboxylic acids is 3. The number of benzene rings is 1. The molecule has 0 aromatic heterocycles. The van der Waals surface area contributed by atoms with E-state index in [1.807, 2.05) is 24.3 Å². The van der Waals surface area contributed by atoms with Crippen molar-refractivity contribution in [3.63, 3.8) is 0 Å². The van der Waals surface area contributed by atoms with Gasteiger partial charge in [-0.3, -0.25) is 19.3 Å². The molecule has 1 aromatic rings. The Kier molecular flexibility index (Phi) is 6.65. The zero-order valence-corrected chi connectivity index (χ0v) is 14.8. The summed E-state index contributed by atoms with van der Waals surface area (Å²) in [5.74, 6) is 0.195. The predicted molar refractivity (Wildman–Crippen MR) is 96.3 cm³/mol. The van der Waals surface area contributed by atoms with Gasteiger partial charge < -0.3 is 10.6 Å². The van der Waals surface area contributed by atoms with E-state index < -0.39 is 0 Å². The van der Waals surface area contributed by atoms with Gasteiger partial charge >= 0.3 is 0 Å². The molecule has 0 spiro atoms. The fourth-order valence-corrected chi connectivity index (χ4v) is 3.46. The number of nitrogens with one attached hydrogen (secondary N) is 2. The van der Waals surface area contributed by atoms with Gasteiger partial charge in [0.15, 0.2) is 0 Å². The van der Waals surface area contributed by atoms with Crippen LogP contribution >= 0.6 is 24.2 Å². The maximum atomic E-state index is 12.2. The van der Waals surface area contributed by atoms with Crippen LogP contribution in [0.1, 0.15) is 18.4 Å². The smallest absolute Gasteiger partial charge is 0.289 e. The molecule has 2 aliphatic heterocycles. The molecule has 6 nitrogen and oxygen atoms in total. The Balaban J connectivity index is 0.00000208. The molecule has 2 N–H and O–H groups in total. The molecule has 8 heteroatoms. The average molecular weight is 370 g/mol. The van der Waals surface area contributed by atoms with Crippen LogP contribution in [0.4, 0.5) is 10.5 Å². The maximum Gasteiger partial charge on any atom is 0.289 e. The van der Waals surface area contributed by atoms with Gasteiger partial charge in [0.05, 0.1) is 12.3 Å². The Labute approximate surface area is 151 Å². The fourth-order valence-electron chi connectivity index (χ4n) is 2.74. The maximum absolute atomic E-state index is 12.2. The first-order chi connectivity index (χ1) is 11.1. The summed E-state index contributed by atoms with van der Waals surface area (Å²) >= 11 is 1.04. The number of hydrogen-bond donors (Lipinski definition) is 2. The molecule has 2 aliphatic rings. The molecule has 0 saturated carbocycles. The van der Waals surface area contributed by atoms with E-state index >= 15 is 0 Å². The van der Waals surface area contributed by atoms with Crippen molar-refractivity contribution >= 4 is 46.9 Å². The SMILES string of the molecule is Cl.O=C(Nc1ccc(CN2C(=O)CSC2=O)cc1)C1CCNCC1. The van der Waals surface area contributed by atoms with Gasteiger partial charge in [0.2, 0.25) is 11.8 Å². The number of hydrogen-bond acceptors (Lipinski definition) is 5. The summed E-state index contributed by atoms with van der Waals surface area (Å²) in [6.07, 6.45) is 1.72. The predicted octanol–water partition coefficient (Wildman–Crippen LogP) is 2.24. The van der Waals surface area contributed by atoms with Crippen LogP contribution in [0.3, 0.4) is 0 Å². The molecule has 3 rings (SSSR count). The molecule has 0 aliphatic carbocycles. The lowest BCUT2D eigenvalue weighted by Crippen LogP contribution is -2.34. The van der Waals surface area contributed by atoms with Crippen LogP contribution in [0.15, 0.2) is 24.3 Å². The van der Waals surface area contributed by atoms with E-state index in [-0.39, 0.29) is 47.7 Å². The number of rotatable bonds is 4. The largest absolute Gasteiger partial charge is 0.326 e. The van der Waals surface area contributed by atoms with Crippen LogP contribution in [0.25, 0.3) is 0 Å². The monoisotopic (exact) mass is 369 g/mol. The third-order valence-electron chi connectivity index (χ3n) is 4.11. The van der Waals surface area contributed by atoms with E-state index in [2.05, 4.69) is 10.6 Å². The lowest BCUT2D eigenvalue weighted by Gasteiger charge is -2.21. The summed E-state index contributed by atoms with van der Waals surface area (Å²) in [6.45, 7) is 2.05. The van der Waals surface area contributed by atoms with Crippen LogP contribution in [-0.4, -0.2) is 40.8 Å². The second-order valence-corrected chi connectivity index (χ2v) is 6.67. The van der Waals surface area contributed by atoms with Crippen molar-refractivity contribution in [2.75, 3.05) is 24.2 Å². The minimum Gasteiger partial charge on any atom is -0.326 e. The van der Waals surface area contributed by atoms with Crippen molar-refractivity contribution in [1.29, 1.82) is 0 Å². The summed E-state index contributed by atoms with van der Waals surface area (Å²) in [4.78, 5) is 36.6. The molecule has 1 aromatic carbocycles. The van der Waals surface area contributed by atoms with Gasteiger partial charge in [-0.05, 0) is 43.6 Å². The zero-order chi connectivity index (χ0) is 16.2. The first-order valence-electron chi connectivity index (χ1n) is 7.71. The summed E-state index contributed by atoms with van der Waals surface area (Å²) in [7, 11) is 0. The Morgan fingerprint density at radius 2 is 1.88 bits per heavy atom. The van der Waals surface area contributed by atoms with E-state index in [0.29, 0.717) is 0 Å². The minimum atomic E-state index is -0.196. The second-order valence-electron chi connectivity index (χ2n) is 5.74. The Morgan fingerprint density at radius 3 is 2.46 bits per heavy atom. The molecule has 130 valence electrons. The minimum absolute atomic E-state index is 0. The molecular formula is C16H20ClN3O3S. The van der Waals surface area contributed by atoms with Gasteiger partial charge in [0.1, 0.15) is 0 Å². The van der Waals surface area contributed by atoms with Crippen molar-refractivity contribution in [3.8, 4) is 0 Å². The molecule has 2 fully saturated rings. The lowest BCUT2D eigenvalue weighted by atomic mass is 9.97. The molecule has 0 atom stereocenters. The van der Waals surface area contributed by atoms with Gasteiger partial charge in [-0.1, -0.05) is 23.9 Å². The highest BCUT2D eigenvalue weighted by atomic mass is 35.5. The van der Waals surface area contributed by atoms with E-state index in [1.165, 1.54) is 4.90 Å². The first-order valence-corrected chi connectivity index (χ1v) is 8.69. The number of nitrogens with zero attached hydrogens (tertiary/aromatic N) is 1. The van der Waals surface area contributed by atoms with Crippen molar-refractivity contribution in [1.82, 2.24) is 10.2 Å². The number of piperidine rings is 1. The fraction of sp³-hybridized carbons (Fsp3) is 0.438. The highest BCUT2D eigenvalue weighted by Gasteiger charge is 2.29. The van der Waals surface area contributed by atoms with Gasteiger partial charge in [-0.25, -0.2) is 0 Å². The highest BCUT2D eigenvalue weighted by molar-refractivity contribution is 8.14. The van der Waals surface area contributed by atoms with Gasteiger partial charge in [0, 0.05) is 11.6 Å². The third kappa shape index (κ3) is 4.49. The van der Waals surface area contributed by atoms with Crippen molar-refractivity contribution in [3.05, 3.63) is 29.8 Å². The number of halogens is 1. The summed E-state index contributed by atoms with van der Waals surface area (Å²) in [5.41, 5.74) is 1.61. The van der Waals surface area contributed by atoms with Crippen LogP contribution < -0.4 is 10.6 Å². The molecule has 24 heavy (non-hydrogen) atoms. The Morgan fingerprint density at radius 1 is 1.21 bits per heavy atom. The normalized spacial score (nSPS) is 18.4. The molecule has 2 heterocycles. The van der Waals surface area contributed by atoms with Gasteiger partial charge in [-0.2, -0.15) is 0 Å². The first kappa shape index (κ1) is 18.8. The number of thioether (sulfide) groups is 1. The van der Waals surface area contributed by atoms with Crippen LogP contribution in [-0.2, 0) is 16.1 Å². The van der Waals surface area contributed by atoms with Gasteiger partial charge in [0.25, 0.3) is 5.24 Å². The standard InChI is InChI=1S/C16H19N3O3S.ClH/c20-14-10-23-16(22)19(14)9-11-1-3-13(4-2-11)18-15(21)12-5-7-17-8-6-12;/h1-4,12,17H,5-10H2,(H,18,21);1H. The summed E-state index contributed by atoms with van der Waals surface area (Å²) in [6, 6.07) is 7.29. The van der Waals surface area contributed by atoms with E-state index in [9.17, 15) is 14.4 Å². The zero-order valence-electron chi connectivity index (χ0n) is 13.1. The van der Waals surface area contributed by atoms with Crippen molar-refractivity contribution < 1.29 is 14.4 Å². The topological polar surface area (TPSA) is 78.5 Å². The quantitative estimate of drug-likeness (QED) is 0.851. The molecule has 0 unspecified atom stereocenters.